The van der Waals surface area contributed by atoms with E-state index in [2.05, 4.69) is 15.1 Å². The number of imidazole rings is 1. The Morgan fingerprint density at radius 2 is 2.33 bits per heavy atom. The van der Waals surface area contributed by atoms with Crippen molar-refractivity contribution < 1.29 is 9.90 Å². The highest BCUT2D eigenvalue weighted by atomic mass is 16.3. The van der Waals surface area contributed by atoms with Crippen LogP contribution in [0.15, 0.2) is 18.5 Å². The number of aryl methyl sites for hydroxylation is 3. The third kappa shape index (κ3) is 4.16. The molecule has 0 unspecified atom stereocenters. The molecule has 0 aliphatic rings. The Kier molecular flexibility index (Phi) is 5.10. The summed E-state index contributed by atoms with van der Waals surface area (Å²) in [6.07, 6.45) is 4.47. The van der Waals surface area contributed by atoms with E-state index in [1.54, 1.807) is 22.0 Å². The number of aromatic nitrogens is 4. The molecule has 0 atom stereocenters. The molecule has 2 rings (SSSR count). The van der Waals surface area contributed by atoms with Gasteiger partial charge in [-0.25, -0.2) is 4.98 Å². The molecule has 2 N–H and O–H groups in total. The third-order valence-corrected chi connectivity index (χ3v) is 3.36. The van der Waals surface area contributed by atoms with E-state index in [0.717, 1.165) is 17.2 Å². The van der Waals surface area contributed by atoms with E-state index in [4.69, 9.17) is 5.11 Å². The van der Waals surface area contributed by atoms with Gasteiger partial charge in [-0.05, 0) is 19.4 Å². The second kappa shape index (κ2) is 7.03. The number of nitrogens with one attached hydrogen (secondary N) is 1. The molecular formula is C14H21N5O2. The van der Waals surface area contributed by atoms with Crippen molar-refractivity contribution in [1.82, 2.24) is 24.6 Å². The summed E-state index contributed by atoms with van der Waals surface area (Å²) < 4.78 is 1.77. The van der Waals surface area contributed by atoms with Crippen LogP contribution in [0.25, 0.3) is 0 Å². The lowest BCUT2D eigenvalue weighted by molar-refractivity contribution is -0.132. The van der Waals surface area contributed by atoms with Crippen molar-refractivity contribution in [1.29, 1.82) is 0 Å². The van der Waals surface area contributed by atoms with Crippen molar-refractivity contribution in [2.75, 3.05) is 13.2 Å². The summed E-state index contributed by atoms with van der Waals surface area (Å²) in [6.45, 7) is 2.57. The van der Waals surface area contributed by atoms with E-state index < -0.39 is 0 Å². The van der Waals surface area contributed by atoms with E-state index >= 15 is 0 Å². The van der Waals surface area contributed by atoms with Crippen LogP contribution in [0, 0.1) is 6.92 Å². The summed E-state index contributed by atoms with van der Waals surface area (Å²) in [5, 5.41) is 13.2. The van der Waals surface area contributed by atoms with Gasteiger partial charge in [0.25, 0.3) is 0 Å². The molecule has 0 aliphatic carbocycles. The molecule has 2 heterocycles. The number of rotatable bonds is 7. The zero-order valence-electron chi connectivity index (χ0n) is 12.4. The lowest BCUT2D eigenvalue weighted by atomic mass is 10.2. The normalized spacial score (nSPS) is 10.8. The lowest BCUT2D eigenvalue weighted by Crippen LogP contribution is -2.33. The number of aliphatic hydroxyl groups excluding tert-OH is 1. The monoisotopic (exact) mass is 291 g/mol. The SMILES string of the molecule is Cc1ncc(CN(CCO)C(=O)CCc2ccnn2C)[nH]1. The molecule has 0 bridgehead atoms. The minimum absolute atomic E-state index is 0.0116. The molecule has 0 radical (unpaired) electrons. The highest BCUT2D eigenvalue weighted by Crippen LogP contribution is 2.07. The van der Waals surface area contributed by atoms with E-state index in [9.17, 15) is 4.79 Å². The van der Waals surface area contributed by atoms with Crippen LogP contribution in [0.5, 0.6) is 0 Å². The lowest BCUT2D eigenvalue weighted by Gasteiger charge is -2.21. The minimum atomic E-state index is -0.0510. The molecular weight excluding hydrogens is 270 g/mol. The number of amides is 1. The predicted octanol–water partition coefficient (Wildman–Crippen LogP) is 0.405. The van der Waals surface area contributed by atoms with E-state index in [1.165, 1.54) is 0 Å². The average molecular weight is 291 g/mol. The number of nitrogens with zero attached hydrogens (tertiary/aromatic N) is 4. The zero-order valence-corrected chi connectivity index (χ0v) is 12.4. The van der Waals surface area contributed by atoms with Crippen molar-refractivity contribution in [3.63, 3.8) is 0 Å². The molecule has 0 saturated carbocycles. The quantitative estimate of drug-likeness (QED) is 0.773. The fraction of sp³-hybridized carbons (Fsp3) is 0.500. The van der Waals surface area contributed by atoms with Crippen LogP contribution in [0.1, 0.15) is 23.6 Å². The maximum absolute atomic E-state index is 12.3. The van der Waals surface area contributed by atoms with Gasteiger partial charge in [-0.2, -0.15) is 5.10 Å². The average Bonchev–Trinajstić information content (AvgIpc) is 3.04. The summed E-state index contributed by atoms with van der Waals surface area (Å²) in [7, 11) is 1.86. The Hall–Kier alpha value is -2.15. The number of carbonyl (C=O) groups is 1. The largest absolute Gasteiger partial charge is 0.395 e. The van der Waals surface area contributed by atoms with Crippen LogP contribution in [0.3, 0.4) is 0 Å². The highest BCUT2D eigenvalue weighted by Gasteiger charge is 2.15. The van der Waals surface area contributed by atoms with Crippen LogP contribution in [0.4, 0.5) is 0 Å². The topological polar surface area (TPSA) is 87.0 Å². The van der Waals surface area contributed by atoms with E-state index in [1.807, 2.05) is 20.0 Å². The van der Waals surface area contributed by atoms with Gasteiger partial charge < -0.3 is 15.0 Å². The maximum Gasteiger partial charge on any atom is 0.223 e. The van der Waals surface area contributed by atoms with Gasteiger partial charge in [0.2, 0.25) is 5.91 Å². The van der Waals surface area contributed by atoms with Gasteiger partial charge in [0.05, 0.1) is 25.0 Å². The first-order valence-corrected chi connectivity index (χ1v) is 6.96. The maximum atomic E-state index is 12.3. The minimum Gasteiger partial charge on any atom is -0.395 e. The Balaban J connectivity index is 1.93. The molecule has 0 saturated heterocycles. The van der Waals surface area contributed by atoms with Crippen LogP contribution >= 0.6 is 0 Å². The van der Waals surface area contributed by atoms with Crippen LogP contribution in [-0.4, -0.2) is 48.8 Å². The van der Waals surface area contributed by atoms with Gasteiger partial charge in [-0.1, -0.05) is 0 Å². The molecule has 21 heavy (non-hydrogen) atoms. The fourth-order valence-electron chi connectivity index (χ4n) is 2.21. The third-order valence-electron chi connectivity index (χ3n) is 3.36. The Morgan fingerprint density at radius 3 is 2.90 bits per heavy atom. The number of hydrogen-bond acceptors (Lipinski definition) is 4. The van der Waals surface area contributed by atoms with Gasteiger partial charge in [0, 0.05) is 31.9 Å². The van der Waals surface area contributed by atoms with Crippen molar-refractivity contribution in [3.8, 4) is 0 Å². The molecule has 0 spiro atoms. The Morgan fingerprint density at radius 1 is 1.52 bits per heavy atom. The molecule has 2 aromatic rings. The summed E-state index contributed by atoms with van der Waals surface area (Å²) in [5.74, 6) is 0.828. The molecule has 2 aromatic heterocycles. The first kappa shape index (κ1) is 15.2. The number of aromatic amines is 1. The second-order valence-corrected chi connectivity index (χ2v) is 4.98. The van der Waals surface area contributed by atoms with Crippen LogP contribution in [-0.2, 0) is 24.8 Å². The van der Waals surface area contributed by atoms with E-state index in [0.29, 0.717) is 25.9 Å². The molecule has 7 heteroatoms. The molecule has 0 aliphatic heterocycles. The van der Waals surface area contributed by atoms with Crippen molar-refractivity contribution in [2.24, 2.45) is 7.05 Å². The second-order valence-electron chi connectivity index (χ2n) is 4.98. The Labute approximate surface area is 123 Å². The number of aliphatic hydroxyl groups is 1. The van der Waals surface area contributed by atoms with Crippen molar-refractivity contribution in [2.45, 2.75) is 26.3 Å². The molecule has 0 aromatic carbocycles. The predicted molar refractivity (Wildman–Crippen MR) is 77.4 cm³/mol. The smallest absolute Gasteiger partial charge is 0.223 e. The first-order chi connectivity index (χ1) is 10.1. The fourth-order valence-corrected chi connectivity index (χ4v) is 2.21. The van der Waals surface area contributed by atoms with Gasteiger partial charge in [-0.3, -0.25) is 9.48 Å². The molecule has 0 fully saturated rings. The van der Waals surface area contributed by atoms with Crippen molar-refractivity contribution in [3.05, 3.63) is 35.7 Å². The molecule has 1 amide bonds. The number of carbonyl (C=O) groups excluding carboxylic acids is 1. The molecule has 7 nitrogen and oxygen atoms in total. The zero-order chi connectivity index (χ0) is 15.2. The van der Waals surface area contributed by atoms with Gasteiger partial charge in [0.15, 0.2) is 0 Å². The summed E-state index contributed by atoms with van der Waals surface area (Å²) >= 11 is 0. The van der Waals surface area contributed by atoms with Crippen molar-refractivity contribution >= 4 is 5.91 Å². The van der Waals surface area contributed by atoms with E-state index in [-0.39, 0.29) is 12.5 Å². The highest BCUT2D eigenvalue weighted by molar-refractivity contribution is 5.76. The first-order valence-electron chi connectivity index (χ1n) is 6.96. The number of H-pyrrole nitrogens is 1. The van der Waals surface area contributed by atoms with Gasteiger partial charge in [0.1, 0.15) is 5.82 Å². The summed E-state index contributed by atoms with van der Waals surface area (Å²) in [6, 6.07) is 1.90. The standard InChI is InChI=1S/C14H21N5O2/c1-11-15-9-12(17-11)10-19(7-8-20)14(21)4-3-13-5-6-16-18(13)2/h5-6,9,20H,3-4,7-8,10H2,1-2H3,(H,15,17). The van der Waals surface area contributed by atoms with Gasteiger partial charge in [-0.15, -0.1) is 0 Å². The summed E-state index contributed by atoms with van der Waals surface area (Å²) in [5.41, 5.74) is 1.89. The summed E-state index contributed by atoms with van der Waals surface area (Å²) in [4.78, 5) is 21.2. The van der Waals surface area contributed by atoms with Crippen LogP contribution in [0.2, 0.25) is 0 Å². The number of hydrogen-bond donors (Lipinski definition) is 2. The Bertz CT molecular complexity index is 590. The molecule has 114 valence electrons. The van der Waals surface area contributed by atoms with Gasteiger partial charge >= 0.3 is 0 Å². The van der Waals surface area contributed by atoms with Crippen LogP contribution < -0.4 is 0 Å².